The van der Waals surface area contributed by atoms with E-state index in [1.165, 1.54) is 0 Å². The van der Waals surface area contributed by atoms with Crippen LogP contribution in [0.2, 0.25) is 0 Å². The van der Waals surface area contributed by atoms with Crippen LogP contribution in [0.3, 0.4) is 0 Å². The molecular formula is C7H8N2O5P2. The number of carboxylic acids is 1. The third-order valence-corrected chi connectivity index (χ3v) is 2.15. The number of carbonyl (C=O) groups excluding carboxylic acids is 1. The van der Waals surface area contributed by atoms with Crippen molar-refractivity contribution >= 4 is 27.7 Å². The molecule has 1 atom stereocenters. The second kappa shape index (κ2) is 8.12. The van der Waals surface area contributed by atoms with Gasteiger partial charge in [0.25, 0.3) is 0 Å². The summed E-state index contributed by atoms with van der Waals surface area (Å²) in [5.41, 5.74) is 4.87. The van der Waals surface area contributed by atoms with Crippen LogP contribution < -0.4 is 5.73 Å². The van der Waals surface area contributed by atoms with Gasteiger partial charge in [-0.1, -0.05) is 0 Å². The molecule has 0 rings (SSSR count). The monoisotopic (exact) mass is 262 g/mol. The summed E-state index contributed by atoms with van der Waals surface area (Å²) < 4.78 is 20.5. The van der Waals surface area contributed by atoms with Crippen LogP contribution in [0.4, 0.5) is 0 Å². The van der Waals surface area contributed by atoms with E-state index in [4.69, 9.17) is 10.8 Å². The number of hydrogen-bond acceptors (Lipinski definition) is 5. The van der Waals surface area contributed by atoms with Gasteiger partial charge in [0.2, 0.25) is 0 Å². The van der Waals surface area contributed by atoms with Crippen molar-refractivity contribution in [3.05, 3.63) is 0 Å². The molecule has 1 amide bonds. The first-order chi connectivity index (χ1) is 7.52. The normalized spacial score (nSPS) is 11.1. The fourth-order valence-corrected chi connectivity index (χ4v) is 1.53. The summed E-state index contributed by atoms with van der Waals surface area (Å²) in [6.45, 7) is 0. The van der Waals surface area contributed by atoms with E-state index in [1.54, 1.807) is 0 Å². The number of carbonyl (C=O) groups is 2. The van der Waals surface area contributed by atoms with Crippen molar-refractivity contribution in [3.63, 3.8) is 0 Å². The Morgan fingerprint density at radius 3 is 2.12 bits per heavy atom. The number of nitrogens with zero attached hydrogens (tertiary/aromatic N) is 1. The minimum atomic E-state index is -1.28. The second-order valence-corrected chi connectivity index (χ2v) is 3.38. The maximum absolute atomic E-state index is 10.8. The van der Waals surface area contributed by atoms with Crippen LogP contribution in [0.25, 0.3) is 0 Å². The summed E-state index contributed by atoms with van der Waals surface area (Å²) in [5, 5.41) is 8.83. The van der Waals surface area contributed by atoms with E-state index in [9.17, 15) is 18.7 Å². The van der Waals surface area contributed by atoms with E-state index < -0.39 is 33.7 Å². The summed E-state index contributed by atoms with van der Waals surface area (Å²) >= 11 is 0. The summed E-state index contributed by atoms with van der Waals surface area (Å²) in [6.07, 6.45) is -0.280. The Morgan fingerprint density at radius 2 is 1.81 bits per heavy atom. The van der Waals surface area contributed by atoms with Crippen LogP contribution in [-0.2, 0) is 18.7 Å². The Hall–Kier alpha value is -1.08. The van der Waals surface area contributed by atoms with Crippen LogP contribution >= 0.6 is 15.8 Å². The summed E-state index contributed by atoms with van der Waals surface area (Å²) in [6, 6.07) is -1.23. The van der Waals surface area contributed by atoms with Crippen molar-refractivity contribution in [2.45, 2.75) is 18.9 Å². The predicted octanol–water partition coefficient (Wildman–Crippen LogP) is 0.424. The first-order valence-electron chi connectivity index (χ1n) is 3.99. The van der Waals surface area contributed by atoms with E-state index in [1.807, 2.05) is 0 Å². The van der Waals surface area contributed by atoms with Crippen LogP contribution in [0.15, 0.2) is 0 Å². The fourth-order valence-electron chi connectivity index (χ4n) is 0.892. The van der Waals surface area contributed by atoms with Crippen LogP contribution in [-0.4, -0.2) is 27.9 Å². The zero-order valence-electron chi connectivity index (χ0n) is 7.99. The predicted molar refractivity (Wildman–Crippen MR) is 54.7 cm³/mol. The van der Waals surface area contributed by atoms with Gasteiger partial charge >= 0.3 is 92.6 Å². The molecule has 0 fully saturated rings. The van der Waals surface area contributed by atoms with Gasteiger partial charge in [0.05, 0.1) is 0 Å². The molecule has 7 nitrogen and oxygen atoms in total. The Morgan fingerprint density at radius 1 is 1.31 bits per heavy atom. The van der Waals surface area contributed by atoms with Gasteiger partial charge < -0.3 is 0 Å². The number of primary amides is 1. The van der Waals surface area contributed by atoms with Crippen LogP contribution in [0.1, 0.15) is 12.8 Å². The first kappa shape index (κ1) is 14.9. The number of nitrogens with two attached hydrogens (primary N) is 1. The van der Waals surface area contributed by atoms with E-state index >= 15 is 0 Å². The molecule has 0 heterocycles. The minimum absolute atomic E-state index is 0.115. The molecule has 0 aliphatic heterocycles. The fraction of sp³-hybridized carbons (Fsp3) is 0.429. The van der Waals surface area contributed by atoms with Crippen molar-refractivity contribution < 1.29 is 23.8 Å². The average Bonchev–Trinajstić information content (AvgIpc) is 2.17. The standard InChI is InChI=1S/C7H8N2O5P2/c8-6(10)2-1-5(7(11)12)9(3-15-13)4-16-14/h5H,1-2H2,(H2,8,10)(H,11,12)/t5-/m0/s1. The molecule has 9 heteroatoms. The second-order valence-electron chi connectivity index (χ2n) is 2.61. The molecule has 0 aromatic carbocycles. The van der Waals surface area contributed by atoms with Crippen LogP contribution in [0, 0.1) is 11.5 Å². The van der Waals surface area contributed by atoms with Crippen molar-refractivity contribution in [3.8, 4) is 11.5 Å². The Kier molecular flexibility index (Phi) is 7.57. The molecular weight excluding hydrogens is 254 g/mol. The molecule has 0 bridgehead atoms. The third kappa shape index (κ3) is 5.72. The molecule has 0 aliphatic carbocycles. The Labute approximate surface area is 93.2 Å². The van der Waals surface area contributed by atoms with E-state index in [-0.39, 0.29) is 12.8 Å². The Balaban J connectivity index is 4.94. The summed E-state index contributed by atoms with van der Waals surface area (Å²) in [5.74, 6) is 2.23. The van der Waals surface area contributed by atoms with Gasteiger partial charge in [-0.05, 0) is 0 Å². The number of carboxylic acid groups (broad SMARTS) is 1. The summed E-state index contributed by atoms with van der Waals surface area (Å²) in [7, 11) is -1.16. The summed E-state index contributed by atoms with van der Waals surface area (Å²) in [4.78, 5) is 22.1. The van der Waals surface area contributed by atoms with Crippen molar-refractivity contribution in [2.75, 3.05) is 0 Å². The van der Waals surface area contributed by atoms with E-state index in [2.05, 4.69) is 11.5 Å². The van der Waals surface area contributed by atoms with Gasteiger partial charge in [-0.3, -0.25) is 0 Å². The van der Waals surface area contributed by atoms with Gasteiger partial charge in [-0.25, -0.2) is 0 Å². The van der Waals surface area contributed by atoms with Crippen LogP contribution in [0.5, 0.6) is 0 Å². The molecule has 0 aliphatic rings. The molecule has 0 radical (unpaired) electrons. The van der Waals surface area contributed by atoms with Gasteiger partial charge in [0.1, 0.15) is 0 Å². The van der Waals surface area contributed by atoms with Gasteiger partial charge in [-0.2, -0.15) is 0 Å². The number of rotatable bonds is 5. The zero-order chi connectivity index (χ0) is 12.6. The zero-order valence-corrected chi connectivity index (χ0v) is 9.78. The molecule has 0 unspecified atom stereocenters. The van der Waals surface area contributed by atoms with Crippen molar-refractivity contribution in [1.29, 1.82) is 0 Å². The first-order valence-corrected chi connectivity index (χ1v) is 5.61. The van der Waals surface area contributed by atoms with Gasteiger partial charge in [-0.15, -0.1) is 0 Å². The topological polar surface area (TPSA) is 118 Å². The van der Waals surface area contributed by atoms with Gasteiger partial charge in [0.15, 0.2) is 0 Å². The maximum atomic E-state index is 10.8. The van der Waals surface area contributed by atoms with Crippen molar-refractivity contribution in [2.24, 2.45) is 5.73 Å². The molecule has 0 aromatic heterocycles. The third-order valence-electron chi connectivity index (χ3n) is 1.56. The van der Waals surface area contributed by atoms with Crippen molar-refractivity contribution in [1.82, 2.24) is 4.90 Å². The quantitative estimate of drug-likeness (QED) is 0.547. The van der Waals surface area contributed by atoms with E-state index in [0.29, 0.717) is 0 Å². The molecule has 0 saturated heterocycles. The average molecular weight is 262 g/mol. The molecule has 0 spiro atoms. The van der Waals surface area contributed by atoms with E-state index in [0.717, 1.165) is 4.90 Å². The Bertz CT molecular complexity index is 451. The molecule has 3 N–H and O–H groups in total. The SMILES string of the molecule is NC(=O)CC[C@@H](C(=O)O)N(C#P=O)C#P=O. The molecule has 16 heavy (non-hydrogen) atoms. The molecule has 0 aromatic rings. The number of hydrogen-bond donors (Lipinski definition) is 2. The van der Waals surface area contributed by atoms with Gasteiger partial charge in [0, 0.05) is 0 Å². The molecule has 0 saturated carbocycles. The molecule has 86 valence electrons. The number of amides is 1. The number of aliphatic carboxylic acids is 1.